The summed E-state index contributed by atoms with van der Waals surface area (Å²) in [5.74, 6) is -0.208. The highest BCUT2D eigenvalue weighted by atomic mass is 16.7. The number of rotatable bonds is 35. The van der Waals surface area contributed by atoms with Gasteiger partial charge in [-0.25, -0.2) is 0 Å². The van der Waals surface area contributed by atoms with Gasteiger partial charge in [0, 0.05) is 6.42 Å². The average Bonchev–Trinajstić information content (AvgIpc) is 3.21. The number of aliphatic hydroxyl groups is 5. The topological polar surface area (TPSA) is 149 Å². The molecule has 0 aromatic heterocycles. The smallest absolute Gasteiger partial charge is 0.220 e. The normalized spacial score (nSPS) is 21.8. The van der Waals surface area contributed by atoms with Crippen LogP contribution in [-0.4, -0.2) is 87.5 Å². The van der Waals surface area contributed by atoms with Crippen molar-refractivity contribution in [2.45, 2.75) is 198 Å². The van der Waals surface area contributed by atoms with Crippen LogP contribution >= 0.6 is 0 Å². The summed E-state index contributed by atoms with van der Waals surface area (Å²) in [7, 11) is 0. The van der Waals surface area contributed by atoms with Crippen LogP contribution in [0, 0.1) is 0 Å². The standard InChI is InChI=1S/C48H81NO8/c1-3-5-7-9-11-13-15-16-17-18-19-20-21-22-23-24-25-26-28-30-32-34-36-38-44(52)49-41(40-56-48-47(55)46(54)45(53)43(39-50)57-48)42(51)37-35-33-31-29-27-14-12-10-8-6-4-2/h5,7,11,13,16-17,19-20,22-23,25-26,35,37,41-43,45-48,50-51,53-55H,3-4,6,8-10,12,14-15,18,21,24,27-34,36,38-40H2,1-2H3,(H,49,52)/b7-5-,13-11-,17-16-,20-19-,23-22-,26-25-,37-35+. The number of unbranched alkanes of at least 4 members (excludes halogenated alkanes) is 13. The molecule has 1 aliphatic heterocycles. The van der Waals surface area contributed by atoms with E-state index in [-0.39, 0.29) is 12.5 Å². The van der Waals surface area contributed by atoms with Gasteiger partial charge in [-0.2, -0.15) is 0 Å². The van der Waals surface area contributed by atoms with Crippen molar-refractivity contribution in [2.24, 2.45) is 0 Å². The Labute approximate surface area is 346 Å². The zero-order valence-electron chi connectivity index (χ0n) is 35.6. The van der Waals surface area contributed by atoms with Crippen molar-refractivity contribution in [1.82, 2.24) is 5.32 Å². The van der Waals surface area contributed by atoms with E-state index in [4.69, 9.17) is 9.47 Å². The van der Waals surface area contributed by atoms with Crippen molar-refractivity contribution in [3.05, 3.63) is 85.1 Å². The van der Waals surface area contributed by atoms with Crippen LogP contribution in [0.5, 0.6) is 0 Å². The number of ether oxygens (including phenoxy) is 2. The molecule has 0 bridgehead atoms. The zero-order valence-corrected chi connectivity index (χ0v) is 35.6. The first-order valence-electron chi connectivity index (χ1n) is 22.3. The lowest BCUT2D eigenvalue weighted by Gasteiger charge is -2.40. The third-order valence-electron chi connectivity index (χ3n) is 9.98. The Morgan fingerprint density at radius 2 is 1.09 bits per heavy atom. The fourth-order valence-electron chi connectivity index (χ4n) is 6.39. The van der Waals surface area contributed by atoms with Gasteiger partial charge in [0.15, 0.2) is 6.29 Å². The summed E-state index contributed by atoms with van der Waals surface area (Å²) in [4.78, 5) is 12.9. The van der Waals surface area contributed by atoms with E-state index < -0.39 is 49.5 Å². The number of amides is 1. The number of carbonyl (C=O) groups excluding carboxylic acids is 1. The summed E-state index contributed by atoms with van der Waals surface area (Å²) in [5, 5.41) is 54.0. The summed E-state index contributed by atoms with van der Waals surface area (Å²) in [6, 6.07) is -0.822. The van der Waals surface area contributed by atoms with E-state index in [1.165, 1.54) is 44.9 Å². The van der Waals surface area contributed by atoms with Gasteiger partial charge in [0.05, 0.1) is 25.4 Å². The van der Waals surface area contributed by atoms with Crippen LogP contribution in [0.2, 0.25) is 0 Å². The number of nitrogens with one attached hydrogen (secondary N) is 1. The molecule has 1 heterocycles. The molecule has 7 unspecified atom stereocenters. The van der Waals surface area contributed by atoms with E-state index in [1.807, 2.05) is 6.08 Å². The molecule has 9 nitrogen and oxygen atoms in total. The molecule has 1 amide bonds. The van der Waals surface area contributed by atoms with Gasteiger partial charge in [0.1, 0.15) is 24.4 Å². The van der Waals surface area contributed by atoms with Gasteiger partial charge >= 0.3 is 0 Å². The first kappa shape index (κ1) is 52.4. The number of hydrogen-bond donors (Lipinski definition) is 6. The molecule has 0 spiro atoms. The fourth-order valence-corrected chi connectivity index (χ4v) is 6.39. The molecule has 6 N–H and O–H groups in total. The molecule has 0 radical (unpaired) electrons. The fraction of sp³-hybridized carbons (Fsp3) is 0.688. The second kappa shape index (κ2) is 37.6. The Kier molecular flexibility index (Phi) is 34.6. The Bertz CT molecular complexity index is 1160. The molecule has 0 aliphatic carbocycles. The van der Waals surface area contributed by atoms with E-state index >= 15 is 0 Å². The largest absolute Gasteiger partial charge is 0.394 e. The molecule has 1 fully saturated rings. The van der Waals surface area contributed by atoms with Crippen molar-refractivity contribution in [3.8, 4) is 0 Å². The lowest BCUT2D eigenvalue weighted by Crippen LogP contribution is -2.60. The van der Waals surface area contributed by atoms with Crippen molar-refractivity contribution in [1.29, 1.82) is 0 Å². The molecular formula is C48H81NO8. The Hall–Kier alpha value is -2.63. The predicted octanol–water partition coefficient (Wildman–Crippen LogP) is 9.16. The number of allylic oxidation sites excluding steroid dienone is 13. The van der Waals surface area contributed by atoms with E-state index in [2.05, 4.69) is 92.1 Å². The highest BCUT2D eigenvalue weighted by molar-refractivity contribution is 5.76. The second-order valence-corrected chi connectivity index (χ2v) is 15.1. The summed E-state index contributed by atoms with van der Waals surface area (Å²) in [6.45, 7) is 3.60. The summed E-state index contributed by atoms with van der Waals surface area (Å²) < 4.78 is 11.2. The van der Waals surface area contributed by atoms with Crippen LogP contribution in [0.4, 0.5) is 0 Å². The lowest BCUT2D eigenvalue weighted by molar-refractivity contribution is -0.302. The minimum atomic E-state index is -1.57. The van der Waals surface area contributed by atoms with Crippen LogP contribution in [-0.2, 0) is 14.3 Å². The molecule has 1 saturated heterocycles. The van der Waals surface area contributed by atoms with Gasteiger partial charge in [0.2, 0.25) is 5.91 Å². The van der Waals surface area contributed by atoms with Gasteiger partial charge in [-0.05, 0) is 70.6 Å². The molecule has 9 heteroatoms. The van der Waals surface area contributed by atoms with Crippen molar-refractivity contribution in [3.63, 3.8) is 0 Å². The molecule has 0 aromatic carbocycles. The van der Waals surface area contributed by atoms with Crippen molar-refractivity contribution >= 4 is 5.91 Å². The molecule has 7 atom stereocenters. The first-order valence-corrected chi connectivity index (χ1v) is 22.3. The number of aliphatic hydroxyl groups excluding tert-OH is 5. The zero-order chi connectivity index (χ0) is 41.6. The van der Waals surface area contributed by atoms with Gasteiger partial charge in [-0.3, -0.25) is 4.79 Å². The first-order chi connectivity index (χ1) is 27.8. The monoisotopic (exact) mass is 800 g/mol. The van der Waals surface area contributed by atoms with E-state index in [1.54, 1.807) is 6.08 Å². The molecule has 0 aromatic rings. The Balaban J connectivity index is 2.36. The molecule has 0 saturated carbocycles. The quantitative estimate of drug-likeness (QED) is 0.0275. The SMILES string of the molecule is CC/C=C\C/C=C\C/C=C\C/C=C\C/C=C\C/C=C\CCCCCCC(=O)NC(COC1OC(CO)C(O)C(O)C1O)C(O)/C=C/CCCCCCCCCCC. The third-order valence-corrected chi connectivity index (χ3v) is 9.98. The summed E-state index contributed by atoms with van der Waals surface area (Å²) in [5.41, 5.74) is 0. The van der Waals surface area contributed by atoms with E-state index in [9.17, 15) is 30.3 Å². The minimum Gasteiger partial charge on any atom is -0.394 e. The van der Waals surface area contributed by atoms with Crippen molar-refractivity contribution < 1.29 is 39.8 Å². The molecule has 1 aliphatic rings. The molecular weight excluding hydrogens is 719 g/mol. The summed E-state index contributed by atoms with van der Waals surface area (Å²) in [6.07, 6.45) is 44.8. The maximum Gasteiger partial charge on any atom is 0.220 e. The predicted molar refractivity (Wildman–Crippen MR) is 235 cm³/mol. The maximum absolute atomic E-state index is 12.9. The minimum absolute atomic E-state index is 0.204. The van der Waals surface area contributed by atoms with E-state index in [0.717, 1.165) is 89.9 Å². The Morgan fingerprint density at radius 3 is 1.61 bits per heavy atom. The maximum atomic E-state index is 12.9. The molecule has 1 rings (SSSR count). The number of carbonyl (C=O) groups is 1. The van der Waals surface area contributed by atoms with Crippen LogP contribution in [0.25, 0.3) is 0 Å². The Morgan fingerprint density at radius 1 is 0.614 bits per heavy atom. The van der Waals surface area contributed by atoms with Crippen LogP contribution in [0.1, 0.15) is 155 Å². The second-order valence-electron chi connectivity index (χ2n) is 15.1. The van der Waals surface area contributed by atoms with Crippen molar-refractivity contribution in [2.75, 3.05) is 13.2 Å². The number of hydrogen-bond acceptors (Lipinski definition) is 8. The van der Waals surface area contributed by atoms with Crippen LogP contribution in [0.15, 0.2) is 85.1 Å². The highest BCUT2D eigenvalue weighted by Crippen LogP contribution is 2.22. The average molecular weight is 800 g/mol. The van der Waals surface area contributed by atoms with Gasteiger partial charge in [-0.1, -0.05) is 163 Å². The van der Waals surface area contributed by atoms with Crippen LogP contribution in [0.3, 0.4) is 0 Å². The van der Waals surface area contributed by atoms with Gasteiger partial charge < -0.3 is 40.3 Å². The molecule has 57 heavy (non-hydrogen) atoms. The summed E-state index contributed by atoms with van der Waals surface area (Å²) >= 11 is 0. The van der Waals surface area contributed by atoms with E-state index in [0.29, 0.717) is 6.42 Å². The van der Waals surface area contributed by atoms with Gasteiger partial charge in [-0.15, -0.1) is 0 Å². The lowest BCUT2D eigenvalue weighted by atomic mass is 9.99. The van der Waals surface area contributed by atoms with Gasteiger partial charge in [0.25, 0.3) is 0 Å². The van der Waals surface area contributed by atoms with Crippen LogP contribution < -0.4 is 5.32 Å². The molecule has 326 valence electrons. The highest BCUT2D eigenvalue weighted by Gasteiger charge is 2.44. The third kappa shape index (κ3) is 28.4.